The molecule has 1 aliphatic rings. The van der Waals surface area contributed by atoms with E-state index in [0.717, 1.165) is 20.9 Å². The zero-order chi connectivity index (χ0) is 10.7. The van der Waals surface area contributed by atoms with Crippen molar-refractivity contribution in [3.05, 3.63) is 27.8 Å². The quantitative estimate of drug-likeness (QED) is 0.785. The third-order valence-corrected chi connectivity index (χ3v) is 3.74. The van der Waals surface area contributed by atoms with E-state index in [1.165, 1.54) is 0 Å². The van der Waals surface area contributed by atoms with Crippen LogP contribution in [0.2, 0.25) is 0 Å². The van der Waals surface area contributed by atoms with Gasteiger partial charge in [0.25, 0.3) is 0 Å². The maximum Gasteiger partial charge on any atom is 0.242 e. The van der Waals surface area contributed by atoms with Crippen LogP contribution < -0.4 is 10.6 Å². The van der Waals surface area contributed by atoms with Gasteiger partial charge in [0.05, 0.1) is 6.04 Å². The van der Waals surface area contributed by atoms with Gasteiger partial charge in [-0.05, 0) is 40.8 Å². The summed E-state index contributed by atoms with van der Waals surface area (Å²) < 4.78 is 1.12. The van der Waals surface area contributed by atoms with E-state index in [0.29, 0.717) is 0 Å². The molecule has 0 unspecified atom stereocenters. The van der Waals surface area contributed by atoms with Crippen molar-refractivity contribution >= 4 is 58.4 Å². The molecule has 0 bridgehead atoms. The van der Waals surface area contributed by atoms with E-state index >= 15 is 0 Å². The molecule has 1 heterocycles. The van der Waals surface area contributed by atoms with Crippen molar-refractivity contribution in [2.24, 2.45) is 0 Å². The van der Waals surface area contributed by atoms with Gasteiger partial charge in [-0.15, -0.1) is 24.2 Å². The highest BCUT2D eigenvalue weighted by Gasteiger charge is 2.22. The van der Waals surface area contributed by atoms with E-state index in [2.05, 4.69) is 33.2 Å². The van der Waals surface area contributed by atoms with Crippen LogP contribution >= 0.6 is 46.8 Å². The second-order valence-electron chi connectivity index (χ2n) is 3.27. The number of hydrogen-bond donors (Lipinski definition) is 2. The number of amides is 1. The Balaban J connectivity index is 0.00000128. The number of thioether (sulfide) groups is 1. The molecule has 1 amide bonds. The monoisotopic (exact) mass is 370 g/mol. The summed E-state index contributed by atoms with van der Waals surface area (Å²) in [6, 6.07) is 7.75. The number of carbonyl (C=O) groups is 1. The van der Waals surface area contributed by atoms with E-state index in [1.807, 2.05) is 24.3 Å². The van der Waals surface area contributed by atoms with Crippen LogP contribution in [0, 0.1) is 3.57 Å². The summed E-state index contributed by atoms with van der Waals surface area (Å²) in [4.78, 5) is 11.7. The maximum absolute atomic E-state index is 11.7. The van der Waals surface area contributed by atoms with E-state index in [-0.39, 0.29) is 24.4 Å². The first-order valence-corrected chi connectivity index (χ1v) is 6.86. The van der Waals surface area contributed by atoms with Gasteiger partial charge in [-0.3, -0.25) is 10.1 Å². The molecule has 0 saturated carbocycles. The van der Waals surface area contributed by atoms with Gasteiger partial charge >= 0.3 is 0 Å². The Morgan fingerprint density at radius 2 is 2.38 bits per heavy atom. The van der Waals surface area contributed by atoms with Gasteiger partial charge in [-0.1, -0.05) is 6.07 Å². The fourth-order valence-corrected chi connectivity index (χ4v) is 2.84. The average Bonchev–Trinajstić information content (AvgIpc) is 2.70. The van der Waals surface area contributed by atoms with Gasteiger partial charge in [0, 0.05) is 20.9 Å². The van der Waals surface area contributed by atoms with E-state index in [4.69, 9.17) is 0 Å². The Morgan fingerprint density at radius 1 is 1.56 bits per heavy atom. The minimum absolute atomic E-state index is 0. The van der Waals surface area contributed by atoms with Crippen LogP contribution in [-0.4, -0.2) is 23.6 Å². The summed E-state index contributed by atoms with van der Waals surface area (Å²) in [7, 11) is 0. The molecule has 0 radical (unpaired) electrons. The first kappa shape index (κ1) is 14.1. The lowest BCUT2D eigenvalue weighted by Crippen LogP contribution is -2.37. The zero-order valence-electron chi connectivity index (χ0n) is 8.40. The standard InChI is InChI=1S/C10H11IN2OS.ClH/c11-7-2-1-3-8(4-7)13-10(14)9-5-15-6-12-9;/h1-4,9,12H,5-6H2,(H,13,14);1H/t9-;/m1./s1. The predicted octanol–water partition coefficient (Wildman–Crippen LogP) is 2.31. The zero-order valence-corrected chi connectivity index (χ0v) is 12.2. The average molecular weight is 371 g/mol. The highest BCUT2D eigenvalue weighted by atomic mass is 127. The summed E-state index contributed by atoms with van der Waals surface area (Å²) in [5.41, 5.74) is 0.866. The highest BCUT2D eigenvalue weighted by molar-refractivity contribution is 14.1. The first-order valence-electron chi connectivity index (χ1n) is 4.63. The van der Waals surface area contributed by atoms with Gasteiger partial charge < -0.3 is 5.32 Å². The molecular formula is C10H12ClIN2OS. The van der Waals surface area contributed by atoms with Gasteiger partial charge in [0.2, 0.25) is 5.91 Å². The molecule has 0 aliphatic carbocycles. The van der Waals surface area contributed by atoms with Crippen molar-refractivity contribution in [2.75, 3.05) is 16.9 Å². The normalized spacial score (nSPS) is 18.9. The minimum Gasteiger partial charge on any atom is -0.325 e. The second kappa shape index (κ2) is 6.68. The Labute approximate surface area is 119 Å². The number of hydrogen-bond acceptors (Lipinski definition) is 3. The molecular weight excluding hydrogens is 359 g/mol. The molecule has 0 spiro atoms. The fourth-order valence-electron chi connectivity index (χ4n) is 1.36. The molecule has 1 aromatic rings. The third-order valence-electron chi connectivity index (χ3n) is 2.12. The van der Waals surface area contributed by atoms with Gasteiger partial charge in [0.15, 0.2) is 0 Å². The molecule has 2 rings (SSSR count). The molecule has 1 fully saturated rings. The molecule has 0 aromatic heterocycles. The molecule has 88 valence electrons. The van der Waals surface area contributed by atoms with Crippen molar-refractivity contribution in [1.29, 1.82) is 0 Å². The van der Waals surface area contributed by atoms with Crippen molar-refractivity contribution in [1.82, 2.24) is 5.32 Å². The van der Waals surface area contributed by atoms with E-state index in [1.54, 1.807) is 11.8 Å². The van der Waals surface area contributed by atoms with Crippen LogP contribution in [0.3, 0.4) is 0 Å². The SMILES string of the molecule is Cl.O=C(Nc1cccc(I)c1)[C@H]1CSCN1. The molecule has 2 N–H and O–H groups in total. The summed E-state index contributed by atoms with van der Waals surface area (Å²) >= 11 is 3.98. The summed E-state index contributed by atoms with van der Waals surface area (Å²) in [6.45, 7) is 0. The van der Waals surface area contributed by atoms with Crippen molar-refractivity contribution in [2.45, 2.75) is 6.04 Å². The number of rotatable bonds is 2. The van der Waals surface area contributed by atoms with Crippen molar-refractivity contribution in [3.63, 3.8) is 0 Å². The van der Waals surface area contributed by atoms with Crippen LogP contribution in [0.1, 0.15) is 0 Å². The van der Waals surface area contributed by atoms with Crippen LogP contribution in [0.15, 0.2) is 24.3 Å². The van der Waals surface area contributed by atoms with Gasteiger partial charge in [0.1, 0.15) is 0 Å². The summed E-state index contributed by atoms with van der Waals surface area (Å²) in [6.07, 6.45) is 0. The molecule has 3 nitrogen and oxygen atoms in total. The van der Waals surface area contributed by atoms with Crippen LogP contribution in [0.5, 0.6) is 0 Å². The second-order valence-corrected chi connectivity index (χ2v) is 5.55. The lowest BCUT2D eigenvalue weighted by molar-refractivity contribution is -0.117. The largest absolute Gasteiger partial charge is 0.325 e. The van der Waals surface area contributed by atoms with Crippen molar-refractivity contribution < 1.29 is 4.79 Å². The summed E-state index contributed by atoms with van der Waals surface area (Å²) in [5, 5.41) is 6.05. The lowest BCUT2D eigenvalue weighted by Gasteiger charge is -2.10. The number of halogens is 2. The smallest absolute Gasteiger partial charge is 0.242 e. The Bertz CT molecular complexity index is 372. The van der Waals surface area contributed by atoms with E-state index in [9.17, 15) is 4.79 Å². The number of benzene rings is 1. The van der Waals surface area contributed by atoms with Gasteiger partial charge in [-0.2, -0.15) is 0 Å². The first-order chi connectivity index (χ1) is 7.25. The molecule has 1 saturated heterocycles. The maximum atomic E-state index is 11.7. The molecule has 1 aliphatic heterocycles. The van der Waals surface area contributed by atoms with E-state index < -0.39 is 0 Å². The van der Waals surface area contributed by atoms with Crippen LogP contribution in [0.4, 0.5) is 5.69 Å². The predicted molar refractivity (Wildman–Crippen MR) is 79.3 cm³/mol. The third kappa shape index (κ3) is 3.80. The Morgan fingerprint density at radius 3 is 3.00 bits per heavy atom. The number of carbonyl (C=O) groups excluding carboxylic acids is 1. The van der Waals surface area contributed by atoms with Crippen LogP contribution in [0.25, 0.3) is 0 Å². The van der Waals surface area contributed by atoms with Crippen molar-refractivity contribution in [3.8, 4) is 0 Å². The molecule has 1 atom stereocenters. The Hall–Kier alpha value is 0.0200. The highest BCUT2D eigenvalue weighted by Crippen LogP contribution is 2.15. The number of anilines is 1. The Kier molecular flexibility index (Phi) is 5.88. The topological polar surface area (TPSA) is 41.1 Å². The molecule has 1 aromatic carbocycles. The number of nitrogens with one attached hydrogen (secondary N) is 2. The minimum atomic E-state index is -0.0483. The fraction of sp³-hybridized carbons (Fsp3) is 0.300. The van der Waals surface area contributed by atoms with Gasteiger partial charge in [-0.25, -0.2) is 0 Å². The molecule has 16 heavy (non-hydrogen) atoms. The summed E-state index contributed by atoms with van der Waals surface area (Å²) in [5.74, 6) is 1.78. The molecule has 6 heteroatoms. The van der Waals surface area contributed by atoms with Crippen LogP contribution in [-0.2, 0) is 4.79 Å². The lowest BCUT2D eigenvalue weighted by atomic mass is 10.3.